The number of hydrazine groups is 1. The summed E-state index contributed by atoms with van der Waals surface area (Å²) in [6.07, 6.45) is -3.67. The lowest BCUT2D eigenvalue weighted by molar-refractivity contribution is -0.184. The largest absolute Gasteiger partial charge is 0.391 e. The van der Waals surface area contributed by atoms with Crippen molar-refractivity contribution in [1.29, 1.82) is 0 Å². The summed E-state index contributed by atoms with van der Waals surface area (Å²) in [5.41, 5.74) is 2.48. The monoisotopic (exact) mass is 308 g/mol. The van der Waals surface area contributed by atoms with Crippen LogP contribution in [0.15, 0.2) is 18.2 Å². The SMILES string of the molecule is NNC(c1cc(F)ccc1F)C1CCC(C(F)(F)F)CC1. The predicted octanol–water partition coefficient (Wildman–Crippen LogP) is 3.84. The van der Waals surface area contributed by atoms with E-state index in [1.54, 1.807) is 0 Å². The van der Waals surface area contributed by atoms with Crippen LogP contribution < -0.4 is 11.3 Å². The molecule has 2 nitrogen and oxygen atoms in total. The zero-order valence-electron chi connectivity index (χ0n) is 11.3. The summed E-state index contributed by atoms with van der Waals surface area (Å²) in [6, 6.07) is 2.34. The topological polar surface area (TPSA) is 38.0 Å². The van der Waals surface area contributed by atoms with Gasteiger partial charge in [0.15, 0.2) is 0 Å². The molecule has 0 heterocycles. The number of hydrogen-bond donors (Lipinski definition) is 2. The first-order chi connectivity index (χ1) is 9.82. The van der Waals surface area contributed by atoms with Gasteiger partial charge < -0.3 is 0 Å². The Hall–Kier alpha value is -1.21. The Kier molecular flexibility index (Phi) is 4.83. The van der Waals surface area contributed by atoms with Crippen LogP contribution in [0.2, 0.25) is 0 Å². The molecule has 1 aliphatic carbocycles. The second-order valence-electron chi connectivity index (χ2n) is 5.46. The normalized spacial score (nSPS) is 24.9. The van der Waals surface area contributed by atoms with Crippen LogP contribution in [0.3, 0.4) is 0 Å². The van der Waals surface area contributed by atoms with Gasteiger partial charge in [-0.1, -0.05) is 0 Å². The van der Waals surface area contributed by atoms with Gasteiger partial charge in [-0.3, -0.25) is 11.3 Å². The molecule has 0 saturated heterocycles. The van der Waals surface area contributed by atoms with Crippen molar-refractivity contribution in [1.82, 2.24) is 5.43 Å². The molecule has 0 amide bonds. The summed E-state index contributed by atoms with van der Waals surface area (Å²) in [5, 5.41) is 0. The average molecular weight is 308 g/mol. The molecule has 0 aliphatic heterocycles. The van der Waals surface area contributed by atoms with Crippen molar-refractivity contribution in [3.8, 4) is 0 Å². The van der Waals surface area contributed by atoms with E-state index in [1.165, 1.54) is 0 Å². The van der Waals surface area contributed by atoms with Crippen LogP contribution in [0, 0.1) is 23.5 Å². The van der Waals surface area contributed by atoms with Gasteiger partial charge in [0.1, 0.15) is 11.6 Å². The summed E-state index contributed by atoms with van der Waals surface area (Å²) in [7, 11) is 0. The minimum atomic E-state index is -4.19. The minimum Gasteiger partial charge on any atom is -0.271 e. The third kappa shape index (κ3) is 3.71. The first kappa shape index (κ1) is 16.2. The Balaban J connectivity index is 2.11. The van der Waals surface area contributed by atoms with Crippen LogP contribution in [-0.4, -0.2) is 6.18 Å². The summed E-state index contributed by atoms with van der Waals surface area (Å²) in [6.45, 7) is 0. The maximum Gasteiger partial charge on any atom is 0.391 e. The quantitative estimate of drug-likeness (QED) is 0.506. The number of benzene rings is 1. The highest BCUT2D eigenvalue weighted by molar-refractivity contribution is 5.23. The molecule has 1 unspecified atom stereocenters. The third-order valence-corrected chi connectivity index (χ3v) is 4.18. The first-order valence-electron chi connectivity index (χ1n) is 6.80. The van der Waals surface area contributed by atoms with Crippen LogP contribution in [0.5, 0.6) is 0 Å². The molecule has 118 valence electrons. The lowest BCUT2D eigenvalue weighted by atomic mass is 9.76. The van der Waals surface area contributed by atoms with Crippen LogP contribution in [0.4, 0.5) is 22.0 Å². The second kappa shape index (κ2) is 6.27. The number of halogens is 5. The minimum absolute atomic E-state index is 0.0106. The average Bonchev–Trinajstić information content (AvgIpc) is 2.43. The molecule has 3 N–H and O–H groups in total. The van der Waals surface area contributed by atoms with Gasteiger partial charge in [-0.2, -0.15) is 13.2 Å². The Bertz CT molecular complexity index is 481. The second-order valence-corrected chi connectivity index (χ2v) is 5.46. The molecule has 1 aromatic carbocycles. The molecule has 21 heavy (non-hydrogen) atoms. The van der Waals surface area contributed by atoms with Crippen LogP contribution in [0.25, 0.3) is 0 Å². The molecule has 1 aromatic rings. The fraction of sp³-hybridized carbons (Fsp3) is 0.571. The van der Waals surface area contributed by atoms with Crippen molar-refractivity contribution < 1.29 is 22.0 Å². The Labute approximate surface area is 119 Å². The Morgan fingerprint density at radius 1 is 1.10 bits per heavy atom. The van der Waals surface area contributed by atoms with Crippen molar-refractivity contribution >= 4 is 0 Å². The molecule has 0 aromatic heterocycles. The summed E-state index contributed by atoms with van der Waals surface area (Å²) >= 11 is 0. The van der Waals surface area contributed by atoms with E-state index in [4.69, 9.17) is 5.84 Å². The Morgan fingerprint density at radius 2 is 1.71 bits per heavy atom. The van der Waals surface area contributed by atoms with Gasteiger partial charge >= 0.3 is 6.18 Å². The number of nitrogens with two attached hydrogens (primary N) is 1. The zero-order valence-corrected chi connectivity index (χ0v) is 11.3. The molecule has 1 atom stereocenters. The molecule has 7 heteroatoms. The van der Waals surface area contributed by atoms with Gasteiger partial charge in [-0.25, -0.2) is 8.78 Å². The van der Waals surface area contributed by atoms with E-state index in [0.717, 1.165) is 18.2 Å². The standard InChI is InChI=1S/C14H17F5N2/c15-10-5-6-12(16)11(7-10)13(21-20)8-1-3-9(4-2-8)14(17,18)19/h5-9,13,21H,1-4,20H2. The molecule has 0 bridgehead atoms. The molecule has 1 fully saturated rings. The van der Waals surface area contributed by atoms with Crippen molar-refractivity contribution in [2.75, 3.05) is 0 Å². The van der Waals surface area contributed by atoms with E-state index >= 15 is 0 Å². The fourth-order valence-corrected chi connectivity index (χ4v) is 3.01. The van der Waals surface area contributed by atoms with Gasteiger partial charge in [-0.15, -0.1) is 0 Å². The highest BCUT2D eigenvalue weighted by atomic mass is 19.4. The summed E-state index contributed by atoms with van der Waals surface area (Å²) in [4.78, 5) is 0. The van der Waals surface area contributed by atoms with Crippen LogP contribution >= 0.6 is 0 Å². The number of alkyl halides is 3. The molecular formula is C14H17F5N2. The van der Waals surface area contributed by atoms with Crippen molar-refractivity contribution in [2.45, 2.75) is 37.9 Å². The van der Waals surface area contributed by atoms with E-state index in [1.807, 2.05) is 0 Å². The van der Waals surface area contributed by atoms with Gasteiger partial charge in [0, 0.05) is 5.56 Å². The highest BCUT2D eigenvalue weighted by Gasteiger charge is 2.42. The van der Waals surface area contributed by atoms with Gasteiger partial charge in [0.2, 0.25) is 0 Å². The van der Waals surface area contributed by atoms with Gasteiger partial charge in [-0.05, 0) is 49.8 Å². The molecule has 2 rings (SSSR count). The number of nitrogens with one attached hydrogen (secondary N) is 1. The van der Waals surface area contributed by atoms with Crippen molar-refractivity contribution in [3.05, 3.63) is 35.4 Å². The van der Waals surface area contributed by atoms with Crippen LogP contribution in [0.1, 0.15) is 37.3 Å². The van der Waals surface area contributed by atoms with E-state index in [2.05, 4.69) is 5.43 Å². The van der Waals surface area contributed by atoms with Gasteiger partial charge in [0.25, 0.3) is 0 Å². The maximum absolute atomic E-state index is 13.8. The summed E-state index contributed by atoms with van der Waals surface area (Å²) < 4.78 is 65.0. The predicted molar refractivity (Wildman–Crippen MR) is 67.9 cm³/mol. The molecule has 0 spiro atoms. The first-order valence-corrected chi connectivity index (χ1v) is 6.80. The number of hydrogen-bond acceptors (Lipinski definition) is 2. The van der Waals surface area contributed by atoms with Crippen molar-refractivity contribution in [3.63, 3.8) is 0 Å². The van der Waals surface area contributed by atoms with Gasteiger partial charge in [0.05, 0.1) is 12.0 Å². The molecule has 0 radical (unpaired) electrons. The fourth-order valence-electron chi connectivity index (χ4n) is 3.01. The molecule has 1 aliphatic rings. The van der Waals surface area contributed by atoms with E-state index in [-0.39, 0.29) is 37.2 Å². The van der Waals surface area contributed by atoms with Crippen molar-refractivity contribution in [2.24, 2.45) is 17.7 Å². The number of rotatable bonds is 3. The van der Waals surface area contributed by atoms with E-state index in [0.29, 0.717) is 0 Å². The third-order valence-electron chi connectivity index (χ3n) is 4.18. The van der Waals surface area contributed by atoms with E-state index in [9.17, 15) is 22.0 Å². The smallest absolute Gasteiger partial charge is 0.271 e. The lowest BCUT2D eigenvalue weighted by Gasteiger charge is -2.34. The zero-order chi connectivity index (χ0) is 15.6. The summed E-state index contributed by atoms with van der Waals surface area (Å²) in [5.74, 6) is 2.64. The molecule has 1 saturated carbocycles. The highest BCUT2D eigenvalue weighted by Crippen LogP contribution is 2.43. The Morgan fingerprint density at radius 3 is 2.24 bits per heavy atom. The maximum atomic E-state index is 13.8. The lowest BCUT2D eigenvalue weighted by Crippen LogP contribution is -2.37. The van der Waals surface area contributed by atoms with Crippen LogP contribution in [-0.2, 0) is 0 Å². The van der Waals surface area contributed by atoms with E-state index < -0.39 is 29.8 Å². The molecular weight excluding hydrogens is 291 g/mol.